The van der Waals surface area contributed by atoms with Crippen LogP contribution in [0.5, 0.6) is 0 Å². The van der Waals surface area contributed by atoms with Crippen molar-refractivity contribution in [3.05, 3.63) is 114 Å². The van der Waals surface area contributed by atoms with Crippen LogP contribution in [0.2, 0.25) is 0 Å². The van der Waals surface area contributed by atoms with E-state index in [0.29, 0.717) is 12.2 Å². The third-order valence-electron chi connectivity index (χ3n) is 6.04. The Balaban J connectivity index is 1.77. The molecule has 0 amide bonds. The number of nitrogens with zero attached hydrogens (tertiary/aromatic N) is 3. The third-order valence-corrected chi connectivity index (χ3v) is 6.04. The van der Waals surface area contributed by atoms with Gasteiger partial charge >= 0.3 is 0 Å². The number of hydrogen-bond donors (Lipinski definition) is 1. The molecule has 0 saturated carbocycles. The first kappa shape index (κ1) is 21.6. The van der Waals surface area contributed by atoms with E-state index in [-0.39, 0.29) is 5.78 Å². The van der Waals surface area contributed by atoms with Crippen LogP contribution in [-0.4, -0.2) is 20.7 Å². The van der Waals surface area contributed by atoms with Crippen molar-refractivity contribution in [2.24, 2.45) is 5.73 Å². The van der Waals surface area contributed by atoms with E-state index in [1.165, 1.54) is 0 Å². The van der Waals surface area contributed by atoms with Crippen LogP contribution < -0.4 is 5.73 Å². The summed E-state index contributed by atoms with van der Waals surface area (Å²) in [4.78, 5) is 26.7. The highest BCUT2D eigenvalue weighted by atomic mass is 16.1. The first-order valence-corrected chi connectivity index (χ1v) is 11.2. The van der Waals surface area contributed by atoms with Gasteiger partial charge in [-0.2, -0.15) is 0 Å². The van der Waals surface area contributed by atoms with Crippen molar-refractivity contribution < 1.29 is 4.79 Å². The highest BCUT2D eigenvalue weighted by Crippen LogP contribution is 2.36. The number of carbonyl (C=O) groups excluding carboxylic acids is 1. The predicted octanol–water partition coefficient (Wildman–Crippen LogP) is 5.54. The van der Waals surface area contributed by atoms with Gasteiger partial charge in [0.25, 0.3) is 0 Å². The Hall–Kier alpha value is -4.22. The second kappa shape index (κ2) is 9.33. The summed E-state index contributed by atoms with van der Waals surface area (Å²) in [7, 11) is 0. The Bertz CT molecular complexity index is 1450. The van der Waals surface area contributed by atoms with E-state index in [2.05, 4.69) is 40.3 Å². The number of aromatic nitrogens is 3. The summed E-state index contributed by atoms with van der Waals surface area (Å²) in [5.41, 5.74) is 13.1. The topological polar surface area (TPSA) is 81.8 Å². The molecule has 34 heavy (non-hydrogen) atoms. The number of Topliss-reactive ketones (excluding diaryl/α,β-unsaturated/α-hetero) is 1. The van der Waals surface area contributed by atoms with Crippen molar-refractivity contribution in [2.45, 2.75) is 19.4 Å². The predicted molar refractivity (Wildman–Crippen MR) is 135 cm³/mol. The number of nitrogens with two attached hydrogens (primary N) is 1. The highest BCUT2D eigenvalue weighted by molar-refractivity contribution is 5.97. The Morgan fingerprint density at radius 2 is 1.62 bits per heavy atom. The lowest BCUT2D eigenvalue weighted by atomic mass is 9.89. The van der Waals surface area contributed by atoms with E-state index < -0.39 is 5.92 Å². The molecular formula is C29H24N4O. The molecule has 5 aromatic rings. The summed E-state index contributed by atoms with van der Waals surface area (Å²) < 4.78 is 0. The Morgan fingerprint density at radius 1 is 0.882 bits per heavy atom. The van der Waals surface area contributed by atoms with Gasteiger partial charge in [0.1, 0.15) is 5.78 Å². The summed E-state index contributed by atoms with van der Waals surface area (Å²) >= 11 is 0. The average molecular weight is 445 g/mol. The minimum Gasteiger partial charge on any atom is -0.326 e. The number of benzene rings is 2. The Labute approximate surface area is 198 Å². The first-order chi connectivity index (χ1) is 16.7. The van der Waals surface area contributed by atoms with E-state index in [1.54, 1.807) is 25.5 Å². The van der Waals surface area contributed by atoms with E-state index in [1.807, 2.05) is 48.5 Å². The van der Waals surface area contributed by atoms with Crippen LogP contribution in [0, 0.1) is 0 Å². The molecule has 2 N–H and O–H groups in total. The van der Waals surface area contributed by atoms with Gasteiger partial charge in [0.2, 0.25) is 0 Å². The summed E-state index contributed by atoms with van der Waals surface area (Å²) in [5.74, 6) is -0.472. The Morgan fingerprint density at radius 3 is 2.29 bits per heavy atom. The SMILES string of the molecule is CC(=O)C(c1ccncc1)c1nccc2nc(-c3ccc(CN)cc3)c(-c3ccccc3)cc12. The van der Waals surface area contributed by atoms with Crippen LogP contribution in [0.3, 0.4) is 0 Å². The molecule has 2 aromatic carbocycles. The largest absolute Gasteiger partial charge is 0.326 e. The van der Waals surface area contributed by atoms with Gasteiger partial charge in [-0.3, -0.25) is 14.8 Å². The summed E-state index contributed by atoms with van der Waals surface area (Å²) in [5, 5.41) is 0.862. The zero-order chi connectivity index (χ0) is 23.5. The van der Waals surface area contributed by atoms with Gasteiger partial charge < -0.3 is 5.73 Å². The molecule has 5 rings (SSSR count). The molecule has 0 spiro atoms. The molecule has 0 aliphatic heterocycles. The zero-order valence-corrected chi connectivity index (χ0v) is 18.8. The van der Waals surface area contributed by atoms with E-state index >= 15 is 0 Å². The fraction of sp³-hybridized carbons (Fsp3) is 0.103. The maximum Gasteiger partial charge on any atom is 0.143 e. The van der Waals surface area contributed by atoms with Crippen LogP contribution in [0.15, 0.2) is 97.5 Å². The minimum atomic E-state index is -0.494. The standard InChI is InChI=1S/C29H24N4O/c1-19(34)27(22-11-14-31-15-12-22)29-25-17-24(21-5-3-2-4-6-21)28(33-26(25)13-16-32-29)23-9-7-20(18-30)8-10-23/h2-17,27H,18,30H2,1H3. The monoisotopic (exact) mass is 444 g/mol. The van der Waals surface area contributed by atoms with Crippen molar-refractivity contribution in [2.75, 3.05) is 0 Å². The molecule has 0 aliphatic carbocycles. The lowest BCUT2D eigenvalue weighted by Gasteiger charge is -2.18. The number of pyridine rings is 3. The maximum absolute atomic E-state index is 12.8. The number of fused-ring (bicyclic) bond motifs is 1. The van der Waals surface area contributed by atoms with Crippen molar-refractivity contribution in [3.63, 3.8) is 0 Å². The molecule has 0 aliphatic rings. The molecule has 0 radical (unpaired) electrons. The van der Waals surface area contributed by atoms with Crippen molar-refractivity contribution in [3.8, 4) is 22.4 Å². The lowest BCUT2D eigenvalue weighted by Crippen LogP contribution is -2.13. The zero-order valence-electron chi connectivity index (χ0n) is 18.8. The van der Waals surface area contributed by atoms with Gasteiger partial charge in [0.05, 0.1) is 22.8 Å². The minimum absolute atomic E-state index is 0.0221. The summed E-state index contributed by atoms with van der Waals surface area (Å²) in [6.07, 6.45) is 5.13. The number of rotatable bonds is 6. The second-order valence-corrected chi connectivity index (χ2v) is 8.24. The van der Waals surface area contributed by atoms with Crippen LogP contribution in [0.25, 0.3) is 33.3 Å². The molecule has 3 aromatic heterocycles. The molecule has 5 heteroatoms. The number of ketones is 1. The fourth-order valence-corrected chi connectivity index (χ4v) is 4.35. The maximum atomic E-state index is 12.8. The van der Waals surface area contributed by atoms with Gasteiger partial charge in [0.15, 0.2) is 0 Å². The molecule has 1 atom stereocenters. The molecule has 0 saturated heterocycles. The van der Waals surface area contributed by atoms with Gasteiger partial charge in [-0.1, -0.05) is 54.6 Å². The normalized spacial score (nSPS) is 11.9. The molecule has 0 fully saturated rings. The van der Waals surface area contributed by atoms with Crippen molar-refractivity contribution in [1.29, 1.82) is 0 Å². The fourth-order valence-electron chi connectivity index (χ4n) is 4.35. The first-order valence-electron chi connectivity index (χ1n) is 11.2. The van der Waals surface area contributed by atoms with Gasteiger partial charge in [0, 0.05) is 41.6 Å². The van der Waals surface area contributed by atoms with Gasteiger partial charge in [-0.05, 0) is 47.9 Å². The smallest absolute Gasteiger partial charge is 0.143 e. The van der Waals surface area contributed by atoms with Crippen molar-refractivity contribution >= 4 is 16.7 Å². The van der Waals surface area contributed by atoms with Crippen LogP contribution in [0.1, 0.15) is 29.7 Å². The van der Waals surface area contributed by atoms with Gasteiger partial charge in [-0.15, -0.1) is 0 Å². The lowest BCUT2D eigenvalue weighted by molar-refractivity contribution is -0.117. The van der Waals surface area contributed by atoms with E-state index in [0.717, 1.165) is 44.4 Å². The van der Waals surface area contributed by atoms with Crippen molar-refractivity contribution in [1.82, 2.24) is 15.0 Å². The Kier molecular flexibility index (Phi) is 5.93. The molecule has 166 valence electrons. The van der Waals surface area contributed by atoms with Crippen LogP contribution >= 0.6 is 0 Å². The molecular weight excluding hydrogens is 420 g/mol. The highest BCUT2D eigenvalue weighted by Gasteiger charge is 2.24. The molecule has 1 unspecified atom stereocenters. The molecule has 3 heterocycles. The summed E-state index contributed by atoms with van der Waals surface area (Å²) in [6.45, 7) is 2.10. The summed E-state index contributed by atoms with van der Waals surface area (Å²) in [6, 6.07) is 26.1. The van der Waals surface area contributed by atoms with Gasteiger partial charge in [-0.25, -0.2) is 4.98 Å². The molecule has 5 nitrogen and oxygen atoms in total. The average Bonchev–Trinajstić information content (AvgIpc) is 2.89. The van der Waals surface area contributed by atoms with E-state index in [9.17, 15) is 4.79 Å². The third kappa shape index (κ3) is 4.09. The van der Waals surface area contributed by atoms with Crippen LogP contribution in [0.4, 0.5) is 0 Å². The quantitative estimate of drug-likeness (QED) is 0.372. The van der Waals surface area contributed by atoms with E-state index in [4.69, 9.17) is 10.7 Å². The van der Waals surface area contributed by atoms with Crippen LogP contribution in [-0.2, 0) is 11.3 Å². The number of carbonyl (C=O) groups is 1. The second-order valence-electron chi connectivity index (χ2n) is 8.24. The number of hydrogen-bond acceptors (Lipinski definition) is 5. The molecule has 0 bridgehead atoms.